The van der Waals surface area contributed by atoms with Crippen molar-refractivity contribution in [1.82, 2.24) is 9.88 Å². The molecular formula is C15H16N2O4S. The Kier molecular flexibility index (Phi) is 4.24. The van der Waals surface area contributed by atoms with E-state index in [2.05, 4.69) is 4.98 Å². The molecule has 1 fully saturated rings. The minimum atomic E-state index is -0.430. The zero-order chi connectivity index (χ0) is 15.5. The van der Waals surface area contributed by atoms with Gasteiger partial charge in [0, 0.05) is 11.4 Å². The summed E-state index contributed by atoms with van der Waals surface area (Å²) in [6, 6.07) is 3.58. The van der Waals surface area contributed by atoms with E-state index in [0.29, 0.717) is 24.6 Å². The highest BCUT2D eigenvalue weighted by Crippen LogP contribution is 2.30. The third-order valence-electron chi connectivity index (χ3n) is 3.32. The number of aromatic nitrogens is 1. The van der Waals surface area contributed by atoms with E-state index >= 15 is 0 Å². The molecule has 0 spiro atoms. The van der Waals surface area contributed by atoms with Crippen molar-refractivity contribution in [3.8, 4) is 0 Å². The molecule has 0 saturated heterocycles. The monoisotopic (exact) mass is 320 g/mol. The molecule has 1 amide bonds. The second kappa shape index (κ2) is 6.31. The summed E-state index contributed by atoms with van der Waals surface area (Å²) in [6.45, 7) is 2.45. The number of esters is 1. The first-order valence-corrected chi connectivity index (χ1v) is 8.03. The van der Waals surface area contributed by atoms with Gasteiger partial charge in [0.15, 0.2) is 11.5 Å². The Labute approximate surface area is 131 Å². The van der Waals surface area contributed by atoms with Crippen LogP contribution < -0.4 is 0 Å². The zero-order valence-corrected chi connectivity index (χ0v) is 13.0. The predicted octanol–water partition coefficient (Wildman–Crippen LogP) is 2.72. The molecule has 1 saturated carbocycles. The minimum Gasteiger partial charge on any atom is -0.461 e. The molecule has 0 unspecified atom stereocenters. The maximum absolute atomic E-state index is 12.5. The van der Waals surface area contributed by atoms with Gasteiger partial charge in [-0.05, 0) is 31.9 Å². The third kappa shape index (κ3) is 3.19. The van der Waals surface area contributed by atoms with Crippen molar-refractivity contribution in [3.05, 3.63) is 40.2 Å². The highest BCUT2D eigenvalue weighted by atomic mass is 32.1. The zero-order valence-electron chi connectivity index (χ0n) is 12.2. The van der Waals surface area contributed by atoms with Gasteiger partial charge < -0.3 is 14.1 Å². The number of furan rings is 1. The maximum Gasteiger partial charge on any atom is 0.357 e. The van der Waals surface area contributed by atoms with E-state index in [1.807, 2.05) is 0 Å². The number of thiazole rings is 1. The summed E-state index contributed by atoms with van der Waals surface area (Å²) in [4.78, 5) is 30.1. The third-order valence-corrected chi connectivity index (χ3v) is 4.16. The average molecular weight is 320 g/mol. The molecular weight excluding hydrogens is 304 g/mol. The number of amides is 1. The highest BCUT2D eigenvalue weighted by Gasteiger charge is 2.34. The summed E-state index contributed by atoms with van der Waals surface area (Å²) < 4.78 is 10.1. The topological polar surface area (TPSA) is 72.6 Å². The Morgan fingerprint density at radius 3 is 2.95 bits per heavy atom. The van der Waals surface area contributed by atoms with E-state index in [-0.39, 0.29) is 11.9 Å². The molecule has 0 radical (unpaired) electrons. The molecule has 3 rings (SSSR count). The summed E-state index contributed by atoms with van der Waals surface area (Å²) in [5.74, 6) is -0.241. The molecule has 0 N–H and O–H groups in total. The van der Waals surface area contributed by atoms with Gasteiger partial charge in [0.1, 0.15) is 5.01 Å². The number of ether oxygens (including phenoxy) is 1. The molecule has 2 heterocycles. The van der Waals surface area contributed by atoms with E-state index in [9.17, 15) is 9.59 Å². The normalized spacial score (nSPS) is 13.9. The van der Waals surface area contributed by atoms with Crippen molar-refractivity contribution < 1.29 is 18.7 Å². The van der Waals surface area contributed by atoms with Crippen LogP contribution in [0.5, 0.6) is 0 Å². The Hall–Kier alpha value is -2.15. The van der Waals surface area contributed by atoms with Crippen molar-refractivity contribution in [1.29, 1.82) is 0 Å². The summed E-state index contributed by atoms with van der Waals surface area (Å²) in [6.07, 6.45) is 3.46. The number of carbonyl (C=O) groups excluding carboxylic acids is 2. The van der Waals surface area contributed by atoms with Gasteiger partial charge in [-0.15, -0.1) is 11.3 Å². The smallest absolute Gasteiger partial charge is 0.357 e. The Morgan fingerprint density at radius 1 is 1.50 bits per heavy atom. The molecule has 2 aromatic rings. The molecule has 2 aromatic heterocycles. The Morgan fingerprint density at radius 2 is 2.32 bits per heavy atom. The number of carbonyl (C=O) groups is 2. The van der Waals surface area contributed by atoms with Crippen LogP contribution in [0.15, 0.2) is 28.2 Å². The molecule has 22 heavy (non-hydrogen) atoms. The van der Waals surface area contributed by atoms with E-state index in [1.165, 1.54) is 17.6 Å². The van der Waals surface area contributed by atoms with Gasteiger partial charge in [0.2, 0.25) is 0 Å². The second-order valence-corrected chi connectivity index (χ2v) is 5.93. The van der Waals surface area contributed by atoms with E-state index in [4.69, 9.17) is 9.15 Å². The van der Waals surface area contributed by atoms with Gasteiger partial charge in [-0.25, -0.2) is 9.78 Å². The van der Waals surface area contributed by atoms with Crippen molar-refractivity contribution in [2.24, 2.45) is 0 Å². The van der Waals surface area contributed by atoms with E-state index < -0.39 is 5.97 Å². The van der Waals surface area contributed by atoms with Crippen molar-refractivity contribution >= 4 is 23.2 Å². The quantitative estimate of drug-likeness (QED) is 0.765. The van der Waals surface area contributed by atoms with Crippen molar-refractivity contribution in [3.63, 3.8) is 0 Å². The predicted molar refractivity (Wildman–Crippen MR) is 79.7 cm³/mol. The van der Waals surface area contributed by atoms with Crippen LogP contribution in [0.1, 0.15) is 45.8 Å². The summed E-state index contributed by atoms with van der Waals surface area (Å²) in [7, 11) is 0. The minimum absolute atomic E-state index is 0.139. The Bertz CT molecular complexity index is 661. The van der Waals surface area contributed by atoms with Crippen LogP contribution in [0.2, 0.25) is 0 Å². The van der Waals surface area contributed by atoms with Gasteiger partial charge in [-0.1, -0.05) is 0 Å². The maximum atomic E-state index is 12.5. The van der Waals surface area contributed by atoms with Crippen LogP contribution >= 0.6 is 11.3 Å². The lowest BCUT2D eigenvalue weighted by Gasteiger charge is -2.19. The van der Waals surface area contributed by atoms with Gasteiger partial charge in [0.05, 0.1) is 19.4 Å². The van der Waals surface area contributed by atoms with Crippen LogP contribution in [0.3, 0.4) is 0 Å². The van der Waals surface area contributed by atoms with Gasteiger partial charge in [-0.3, -0.25) is 4.79 Å². The molecule has 6 nitrogen and oxygen atoms in total. The van der Waals surface area contributed by atoms with Crippen LogP contribution in [0, 0.1) is 0 Å². The van der Waals surface area contributed by atoms with Gasteiger partial charge >= 0.3 is 5.97 Å². The molecule has 0 atom stereocenters. The SMILES string of the molecule is CCOC(=O)c1csc(CN(C(=O)c2ccco2)C2CC2)n1. The lowest BCUT2D eigenvalue weighted by molar-refractivity contribution is 0.0520. The lowest BCUT2D eigenvalue weighted by atomic mass is 10.3. The number of nitrogens with zero attached hydrogens (tertiary/aromatic N) is 2. The fourth-order valence-corrected chi connectivity index (χ4v) is 2.88. The molecule has 1 aliphatic carbocycles. The molecule has 0 aliphatic heterocycles. The largest absolute Gasteiger partial charge is 0.461 e. The number of rotatable bonds is 6. The number of hydrogen-bond acceptors (Lipinski definition) is 6. The first-order chi connectivity index (χ1) is 10.7. The van der Waals surface area contributed by atoms with Crippen molar-refractivity contribution in [2.45, 2.75) is 32.4 Å². The first kappa shape index (κ1) is 14.8. The highest BCUT2D eigenvalue weighted by molar-refractivity contribution is 7.09. The summed E-state index contributed by atoms with van der Waals surface area (Å²) >= 11 is 1.36. The Balaban J connectivity index is 1.72. The summed E-state index contributed by atoms with van der Waals surface area (Å²) in [5, 5.41) is 2.38. The first-order valence-electron chi connectivity index (χ1n) is 7.15. The van der Waals surface area contributed by atoms with E-state index in [0.717, 1.165) is 17.8 Å². The second-order valence-electron chi connectivity index (χ2n) is 4.99. The molecule has 116 valence electrons. The molecule has 1 aliphatic rings. The van der Waals surface area contributed by atoms with Crippen molar-refractivity contribution in [2.75, 3.05) is 6.61 Å². The van der Waals surface area contributed by atoms with Crippen LogP contribution in [-0.4, -0.2) is 34.4 Å². The van der Waals surface area contributed by atoms with Gasteiger partial charge in [0.25, 0.3) is 5.91 Å². The average Bonchev–Trinajstić information content (AvgIpc) is 3.04. The molecule has 0 aromatic carbocycles. The van der Waals surface area contributed by atoms with Gasteiger partial charge in [-0.2, -0.15) is 0 Å². The fourth-order valence-electron chi connectivity index (χ4n) is 2.12. The summed E-state index contributed by atoms with van der Waals surface area (Å²) in [5.41, 5.74) is 0.294. The fraction of sp³-hybridized carbons (Fsp3) is 0.400. The van der Waals surface area contributed by atoms with E-state index in [1.54, 1.807) is 29.3 Å². The lowest BCUT2D eigenvalue weighted by Crippen LogP contribution is -2.32. The van der Waals surface area contributed by atoms with Crippen LogP contribution in [0.25, 0.3) is 0 Å². The van der Waals surface area contributed by atoms with Crippen LogP contribution in [0.4, 0.5) is 0 Å². The standard InChI is InChI=1S/C15H16N2O4S/c1-2-20-15(19)11-9-22-13(16-11)8-17(10-5-6-10)14(18)12-4-3-7-21-12/h3-4,7,9-10H,2,5-6,8H2,1H3. The van der Waals surface area contributed by atoms with Crippen LogP contribution in [-0.2, 0) is 11.3 Å². The molecule has 7 heteroatoms. The molecule has 0 bridgehead atoms. The number of hydrogen-bond donors (Lipinski definition) is 0.